The van der Waals surface area contributed by atoms with Gasteiger partial charge in [-0.2, -0.15) is 0 Å². The minimum Gasteiger partial charge on any atom is -0.493 e. The van der Waals surface area contributed by atoms with Crippen molar-refractivity contribution in [3.05, 3.63) is 53.1 Å². The molecule has 2 aromatic rings. The fraction of sp³-hybridized carbons (Fsp3) is 0.316. The maximum Gasteiger partial charge on any atom is 0.227 e. The molecule has 0 aliphatic carbocycles. The van der Waals surface area contributed by atoms with E-state index in [1.165, 1.54) is 0 Å². The lowest BCUT2D eigenvalue weighted by Crippen LogP contribution is -2.38. The second-order valence-corrected chi connectivity index (χ2v) is 6.20. The first-order valence-corrected chi connectivity index (χ1v) is 8.31. The maximum absolute atomic E-state index is 12.6. The van der Waals surface area contributed by atoms with E-state index >= 15 is 0 Å². The highest BCUT2D eigenvalue weighted by Gasteiger charge is 2.31. The van der Waals surface area contributed by atoms with Gasteiger partial charge in [0.1, 0.15) is 0 Å². The van der Waals surface area contributed by atoms with Crippen LogP contribution in [0.1, 0.15) is 30.9 Å². The summed E-state index contributed by atoms with van der Waals surface area (Å²) in [6, 6.07) is 13.3. The van der Waals surface area contributed by atoms with Crippen LogP contribution in [0.25, 0.3) is 0 Å². The summed E-state index contributed by atoms with van der Waals surface area (Å²) >= 11 is 5.99. The van der Waals surface area contributed by atoms with Gasteiger partial charge in [-0.05, 0) is 42.7 Å². The Labute approximate surface area is 146 Å². The van der Waals surface area contributed by atoms with Crippen LogP contribution in [-0.4, -0.2) is 20.1 Å². The molecular formula is C19H20ClNO3. The smallest absolute Gasteiger partial charge is 0.227 e. The summed E-state index contributed by atoms with van der Waals surface area (Å²) in [5.74, 6) is 1.38. The molecule has 1 fully saturated rings. The van der Waals surface area contributed by atoms with Crippen LogP contribution in [-0.2, 0) is 4.79 Å². The average molecular weight is 346 g/mol. The third kappa shape index (κ3) is 3.20. The Morgan fingerprint density at radius 1 is 1.04 bits per heavy atom. The van der Waals surface area contributed by atoms with Crippen LogP contribution < -0.4 is 14.4 Å². The molecule has 1 amide bonds. The molecule has 1 atom stereocenters. The Morgan fingerprint density at radius 2 is 1.75 bits per heavy atom. The van der Waals surface area contributed by atoms with Gasteiger partial charge in [0.25, 0.3) is 0 Å². The van der Waals surface area contributed by atoms with Gasteiger partial charge in [-0.1, -0.05) is 23.7 Å². The summed E-state index contributed by atoms with van der Waals surface area (Å²) in [5, 5.41) is 0.693. The normalized spacial score (nSPS) is 17.7. The van der Waals surface area contributed by atoms with Gasteiger partial charge in [0.2, 0.25) is 5.91 Å². The van der Waals surface area contributed by atoms with E-state index in [9.17, 15) is 4.79 Å². The summed E-state index contributed by atoms with van der Waals surface area (Å²) in [4.78, 5) is 14.5. The van der Waals surface area contributed by atoms with E-state index in [1.807, 2.05) is 47.4 Å². The molecule has 24 heavy (non-hydrogen) atoms. The molecule has 0 aromatic heterocycles. The Kier molecular flexibility index (Phi) is 4.95. The molecule has 0 spiro atoms. The van der Waals surface area contributed by atoms with E-state index in [1.54, 1.807) is 14.2 Å². The lowest BCUT2D eigenvalue weighted by Gasteiger charge is -2.36. The van der Waals surface area contributed by atoms with E-state index in [0.29, 0.717) is 22.9 Å². The summed E-state index contributed by atoms with van der Waals surface area (Å²) in [6.45, 7) is 0. The number of benzene rings is 2. The van der Waals surface area contributed by atoms with Crippen molar-refractivity contribution in [3.63, 3.8) is 0 Å². The summed E-state index contributed by atoms with van der Waals surface area (Å²) < 4.78 is 10.7. The predicted molar refractivity (Wildman–Crippen MR) is 95.1 cm³/mol. The van der Waals surface area contributed by atoms with Gasteiger partial charge >= 0.3 is 0 Å². The second kappa shape index (κ2) is 7.14. The standard InChI is InChI=1S/C19H20ClNO3/c1-23-17-11-10-15(12-18(17)24-2)21-16(4-3-5-19(21)22)13-6-8-14(20)9-7-13/h6-12,16H,3-5H2,1-2H3. The number of anilines is 1. The first-order valence-electron chi connectivity index (χ1n) is 7.93. The zero-order chi connectivity index (χ0) is 17.1. The van der Waals surface area contributed by atoms with Gasteiger partial charge in [-0.15, -0.1) is 0 Å². The second-order valence-electron chi connectivity index (χ2n) is 5.76. The zero-order valence-corrected chi connectivity index (χ0v) is 14.5. The molecule has 5 heteroatoms. The molecule has 2 aromatic carbocycles. The molecule has 1 aliphatic rings. The SMILES string of the molecule is COc1ccc(N2C(=O)CCCC2c2ccc(Cl)cc2)cc1OC. The molecule has 3 rings (SSSR count). The van der Waals surface area contributed by atoms with E-state index in [0.717, 1.165) is 24.1 Å². The number of halogens is 1. The largest absolute Gasteiger partial charge is 0.493 e. The predicted octanol–water partition coefficient (Wildman–Crippen LogP) is 4.62. The van der Waals surface area contributed by atoms with Crippen LogP contribution in [0.15, 0.2) is 42.5 Å². The van der Waals surface area contributed by atoms with Crippen LogP contribution in [0.3, 0.4) is 0 Å². The maximum atomic E-state index is 12.6. The van der Waals surface area contributed by atoms with Crippen LogP contribution in [0, 0.1) is 0 Å². The fourth-order valence-corrected chi connectivity index (χ4v) is 3.30. The first kappa shape index (κ1) is 16.7. The molecule has 0 bridgehead atoms. The number of hydrogen-bond donors (Lipinski definition) is 0. The highest BCUT2D eigenvalue weighted by Crippen LogP contribution is 2.39. The fourth-order valence-electron chi connectivity index (χ4n) is 3.17. The summed E-state index contributed by atoms with van der Waals surface area (Å²) in [6.07, 6.45) is 2.36. The average Bonchev–Trinajstić information content (AvgIpc) is 2.61. The zero-order valence-electron chi connectivity index (χ0n) is 13.8. The number of methoxy groups -OCH3 is 2. The minimum absolute atomic E-state index is 0.00150. The van der Waals surface area contributed by atoms with Crippen molar-refractivity contribution in [3.8, 4) is 11.5 Å². The van der Waals surface area contributed by atoms with E-state index < -0.39 is 0 Å². The van der Waals surface area contributed by atoms with Crippen LogP contribution >= 0.6 is 11.6 Å². The van der Waals surface area contributed by atoms with Crippen molar-refractivity contribution in [1.82, 2.24) is 0 Å². The Balaban J connectivity index is 2.01. The number of amides is 1. The Bertz CT molecular complexity index is 730. The van der Waals surface area contributed by atoms with Crippen LogP contribution in [0.2, 0.25) is 5.02 Å². The molecule has 0 radical (unpaired) electrons. The lowest BCUT2D eigenvalue weighted by molar-refractivity contribution is -0.120. The highest BCUT2D eigenvalue weighted by atomic mass is 35.5. The minimum atomic E-state index is 0.00150. The van der Waals surface area contributed by atoms with E-state index in [2.05, 4.69) is 0 Å². The summed E-state index contributed by atoms with van der Waals surface area (Å²) in [5.41, 5.74) is 1.90. The Morgan fingerprint density at radius 3 is 2.42 bits per heavy atom. The molecule has 0 saturated carbocycles. The first-order chi connectivity index (χ1) is 11.6. The third-order valence-electron chi connectivity index (χ3n) is 4.35. The van der Waals surface area contributed by atoms with Gasteiger partial charge in [-0.25, -0.2) is 0 Å². The van der Waals surface area contributed by atoms with Crippen molar-refractivity contribution in [2.45, 2.75) is 25.3 Å². The molecule has 1 unspecified atom stereocenters. The molecule has 4 nitrogen and oxygen atoms in total. The van der Waals surface area contributed by atoms with E-state index in [-0.39, 0.29) is 11.9 Å². The van der Waals surface area contributed by atoms with Crippen molar-refractivity contribution >= 4 is 23.2 Å². The molecule has 1 saturated heterocycles. The number of carbonyl (C=O) groups is 1. The van der Waals surface area contributed by atoms with E-state index in [4.69, 9.17) is 21.1 Å². The number of piperidine rings is 1. The monoisotopic (exact) mass is 345 g/mol. The number of ether oxygens (including phenoxy) is 2. The number of carbonyl (C=O) groups excluding carboxylic acids is 1. The highest BCUT2D eigenvalue weighted by molar-refractivity contribution is 6.30. The van der Waals surface area contributed by atoms with Gasteiger partial charge < -0.3 is 14.4 Å². The van der Waals surface area contributed by atoms with Gasteiger partial charge in [0.05, 0.1) is 20.3 Å². The van der Waals surface area contributed by atoms with Crippen molar-refractivity contribution < 1.29 is 14.3 Å². The molecule has 126 valence electrons. The Hall–Kier alpha value is -2.20. The number of hydrogen-bond acceptors (Lipinski definition) is 3. The van der Waals surface area contributed by atoms with Gasteiger partial charge in [-0.3, -0.25) is 4.79 Å². The topological polar surface area (TPSA) is 38.8 Å². The van der Waals surface area contributed by atoms with Crippen molar-refractivity contribution in [2.75, 3.05) is 19.1 Å². The van der Waals surface area contributed by atoms with Crippen molar-refractivity contribution in [1.29, 1.82) is 0 Å². The molecule has 1 heterocycles. The van der Waals surface area contributed by atoms with Crippen LogP contribution in [0.4, 0.5) is 5.69 Å². The van der Waals surface area contributed by atoms with Crippen LogP contribution in [0.5, 0.6) is 11.5 Å². The van der Waals surface area contributed by atoms with Crippen molar-refractivity contribution in [2.24, 2.45) is 0 Å². The molecule has 0 N–H and O–H groups in total. The lowest BCUT2D eigenvalue weighted by atomic mass is 9.94. The third-order valence-corrected chi connectivity index (χ3v) is 4.60. The number of nitrogens with zero attached hydrogens (tertiary/aromatic N) is 1. The quantitative estimate of drug-likeness (QED) is 0.811. The number of rotatable bonds is 4. The molecule has 1 aliphatic heterocycles. The van der Waals surface area contributed by atoms with Gasteiger partial charge in [0.15, 0.2) is 11.5 Å². The molecular weight excluding hydrogens is 326 g/mol. The van der Waals surface area contributed by atoms with Gasteiger partial charge in [0, 0.05) is 23.2 Å². The summed E-state index contributed by atoms with van der Waals surface area (Å²) in [7, 11) is 3.19.